The lowest BCUT2D eigenvalue weighted by molar-refractivity contribution is 0.0266. The summed E-state index contributed by atoms with van der Waals surface area (Å²) in [7, 11) is 1.86. The van der Waals surface area contributed by atoms with E-state index in [4.69, 9.17) is 4.74 Å². The van der Waals surface area contributed by atoms with Gasteiger partial charge in [0.15, 0.2) is 0 Å². The van der Waals surface area contributed by atoms with Crippen LogP contribution in [-0.4, -0.2) is 41.0 Å². The Morgan fingerprint density at radius 1 is 1.53 bits per heavy atom. The number of hydrogen-bond donors (Lipinski definition) is 0. The number of morpholine rings is 1. The predicted molar refractivity (Wildman–Crippen MR) is 54.0 cm³/mol. The Kier molecular flexibility index (Phi) is 2.99. The smallest absolute Gasteiger partial charge is 0.127 e. The largest absolute Gasteiger partial charge is 0.379 e. The molecule has 15 heavy (non-hydrogen) atoms. The number of aryl methyl sites for hydroxylation is 1. The van der Waals surface area contributed by atoms with Gasteiger partial charge < -0.3 is 4.74 Å². The van der Waals surface area contributed by atoms with Gasteiger partial charge in [0.05, 0.1) is 25.5 Å². The van der Waals surface area contributed by atoms with Gasteiger partial charge in [-0.05, 0) is 0 Å². The number of nitrogens with zero attached hydrogens (tertiary/aromatic N) is 4. The highest BCUT2D eigenvalue weighted by atomic mass is 16.5. The van der Waals surface area contributed by atoms with Gasteiger partial charge in [-0.25, -0.2) is 0 Å². The molecule has 0 N–H and O–H groups in total. The molecule has 5 heteroatoms. The van der Waals surface area contributed by atoms with Gasteiger partial charge in [-0.1, -0.05) is 0 Å². The molecule has 0 aromatic carbocycles. The fourth-order valence-electron chi connectivity index (χ4n) is 1.78. The maximum Gasteiger partial charge on any atom is 0.127 e. The van der Waals surface area contributed by atoms with Gasteiger partial charge in [0.1, 0.15) is 6.04 Å². The zero-order valence-electron chi connectivity index (χ0n) is 8.76. The van der Waals surface area contributed by atoms with Crippen LogP contribution in [-0.2, 0) is 11.8 Å². The first-order chi connectivity index (χ1) is 7.31. The van der Waals surface area contributed by atoms with Crippen LogP contribution in [0.2, 0.25) is 0 Å². The van der Waals surface area contributed by atoms with Crippen molar-refractivity contribution in [3.05, 3.63) is 18.0 Å². The number of hydrogen-bond acceptors (Lipinski definition) is 4. The summed E-state index contributed by atoms with van der Waals surface area (Å²) >= 11 is 0. The molecule has 0 spiro atoms. The van der Waals surface area contributed by atoms with E-state index in [1.807, 2.05) is 13.2 Å². The Bertz CT molecular complexity index is 362. The molecule has 1 aliphatic rings. The molecule has 5 nitrogen and oxygen atoms in total. The summed E-state index contributed by atoms with van der Waals surface area (Å²) in [4.78, 5) is 2.13. The molecule has 0 bridgehead atoms. The van der Waals surface area contributed by atoms with E-state index in [1.54, 1.807) is 10.9 Å². The molecule has 1 aliphatic heterocycles. The van der Waals surface area contributed by atoms with Gasteiger partial charge >= 0.3 is 0 Å². The summed E-state index contributed by atoms with van der Waals surface area (Å²) in [5.74, 6) is 0. The Hall–Kier alpha value is -1.38. The average molecular weight is 206 g/mol. The first kappa shape index (κ1) is 10.1. The van der Waals surface area contributed by atoms with Crippen molar-refractivity contribution in [2.24, 2.45) is 7.05 Å². The summed E-state index contributed by atoms with van der Waals surface area (Å²) < 4.78 is 6.99. The molecule has 1 saturated heterocycles. The molecule has 80 valence electrons. The molecule has 2 heterocycles. The minimum Gasteiger partial charge on any atom is -0.379 e. The van der Waals surface area contributed by atoms with Crippen LogP contribution in [0.1, 0.15) is 11.6 Å². The lowest BCUT2D eigenvalue weighted by atomic mass is 10.1. The van der Waals surface area contributed by atoms with E-state index >= 15 is 0 Å². The summed E-state index contributed by atoms with van der Waals surface area (Å²) in [5.41, 5.74) is 0.960. The van der Waals surface area contributed by atoms with Crippen LogP contribution in [0.4, 0.5) is 0 Å². The second-order valence-electron chi connectivity index (χ2n) is 3.63. The molecule has 1 aromatic rings. The van der Waals surface area contributed by atoms with Crippen LogP contribution in [0.15, 0.2) is 12.4 Å². The van der Waals surface area contributed by atoms with E-state index in [2.05, 4.69) is 16.1 Å². The minimum absolute atomic E-state index is 0.192. The first-order valence-corrected chi connectivity index (χ1v) is 5.01. The van der Waals surface area contributed by atoms with E-state index in [0.717, 1.165) is 18.7 Å². The van der Waals surface area contributed by atoms with Crippen molar-refractivity contribution in [3.8, 4) is 6.07 Å². The second kappa shape index (κ2) is 4.43. The van der Waals surface area contributed by atoms with E-state index in [0.29, 0.717) is 13.2 Å². The summed E-state index contributed by atoms with van der Waals surface area (Å²) in [6, 6.07) is 2.13. The quantitative estimate of drug-likeness (QED) is 0.699. The highest BCUT2D eigenvalue weighted by molar-refractivity contribution is 5.18. The Balaban J connectivity index is 2.13. The monoisotopic (exact) mass is 206 g/mol. The standard InChI is InChI=1S/C10H14N4O/c1-13-8-9(7-12-13)10(6-11)14-2-4-15-5-3-14/h7-8,10H,2-5H2,1H3. The van der Waals surface area contributed by atoms with Crippen LogP contribution in [0, 0.1) is 11.3 Å². The lowest BCUT2D eigenvalue weighted by Crippen LogP contribution is -2.38. The first-order valence-electron chi connectivity index (χ1n) is 5.01. The number of nitriles is 1. The van der Waals surface area contributed by atoms with E-state index < -0.39 is 0 Å². The van der Waals surface area contributed by atoms with Crippen molar-refractivity contribution < 1.29 is 4.74 Å². The molecule has 1 fully saturated rings. The van der Waals surface area contributed by atoms with Gasteiger partial charge in [0.2, 0.25) is 0 Å². The molecule has 2 rings (SSSR count). The topological polar surface area (TPSA) is 54.1 Å². The maximum absolute atomic E-state index is 9.17. The highest BCUT2D eigenvalue weighted by Gasteiger charge is 2.22. The van der Waals surface area contributed by atoms with E-state index in [1.165, 1.54) is 0 Å². The predicted octanol–water partition coefficient (Wildman–Crippen LogP) is 0.317. The minimum atomic E-state index is -0.192. The maximum atomic E-state index is 9.17. The molecule has 1 atom stereocenters. The number of rotatable bonds is 2. The molecular formula is C10H14N4O. The van der Waals surface area contributed by atoms with Crippen molar-refractivity contribution in [2.75, 3.05) is 26.3 Å². The van der Waals surface area contributed by atoms with Crippen molar-refractivity contribution in [1.82, 2.24) is 14.7 Å². The third kappa shape index (κ3) is 2.17. The van der Waals surface area contributed by atoms with Crippen molar-refractivity contribution >= 4 is 0 Å². The van der Waals surface area contributed by atoms with Crippen LogP contribution in [0.25, 0.3) is 0 Å². The molecule has 1 aromatic heterocycles. The third-order valence-electron chi connectivity index (χ3n) is 2.57. The SMILES string of the molecule is Cn1cc(C(C#N)N2CCOCC2)cn1. The highest BCUT2D eigenvalue weighted by Crippen LogP contribution is 2.19. The van der Waals surface area contributed by atoms with E-state index in [-0.39, 0.29) is 6.04 Å². The van der Waals surface area contributed by atoms with Gasteiger partial charge in [0, 0.05) is 31.9 Å². The fourth-order valence-corrected chi connectivity index (χ4v) is 1.78. The third-order valence-corrected chi connectivity index (χ3v) is 2.57. The van der Waals surface area contributed by atoms with Crippen LogP contribution in [0.5, 0.6) is 0 Å². The number of aromatic nitrogens is 2. The Morgan fingerprint density at radius 2 is 2.27 bits per heavy atom. The molecule has 0 aliphatic carbocycles. The van der Waals surface area contributed by atoms with Crippen molar-refractivity contribution in [2.45, 2.75) is 6.04 Å². The van der Waals surface area contributed by atoms with Gasteiger partial charge in [-0.2, -0.15) is 10.4 Å². The summed E-state index contributed by atoms with van der Waals surface area (Å²) in [6.45, 7) is 3.04. The van der Waals surface area contributed by atoms with Gasteiger partial charge in [-0.3, -0.25) is 9.58 Å². The molecule has 1 unspecified atom stereocenters. The second-order valence-corrected chi connectivity index (χ2v) is 3.63. The van der Waals surface area contributed by atoms with Crippen molar-refractivity contribution in [3.63, 3.8) is 0 Å². The molecular weight excluding hydrogens is 192 g/mol. The van der Waals surface area contributed by atoms with Crippen LogP contribution < -0.4 is 0 Å². The Morgan fingerprint density at radius 3 is 2.80 bits per heavy atom. The summed E-state index contributed by atoms with van der Waals surface area (Å²) in [6.07, 6.45) is 3.65. The van der Waals surface area contributed by atoms with Crippen LogP contribution in [0.3, 0.4) is 0 Å². The number of ether oxygens (including phenoxy) is 1. The molecule has 0 radical (unpaired) electrons. The normalized spacial score (nSPS) is 19.7. The zero-order chi connectivity index (χ0) is 10.7. The fraction of sp³-hybridized carbons (Fsp3) is 0.600. The Labute approximate surface area is 88.9 Å². The summed E-state index contributed by atoms with van der Waals surface area (Å²) in [5, 5.41) is 13.3. The van der Waals surface area contributed by atoms with Crippen molar-refractivity contribution in [1.29, 1.82) is 5.26 Å². The zero-order valence-corrected chi connectivity index (χ0v) is 8.76. The average Bonchev–Trinajstić information content (AvgIpc) is 2.68. The van der Waals surface area contributed by atoms with Gasteiger partial charge in [0.25, 0.3) is 0 Å². The van der Waals surface area contributed by atoms with Crippen LogP contribution >= 0.6 is 0 Å². The molecule has 0 saturated carbocycles. The molecule has 0 amide bonds. The van der Waals surface area contributed by atoms with E-state index in [9.17, 15) is 5.26 Å². The van der Waals surface area contributed by atoms with Gasteiger partial charge in [-0.15, -0.1) is 0 Å². The lowest BCUT2D eigenvalue weighted by Gasteiger charge is -2.29.